The van der Waals surface area contributed by atoms with E-state index in [0.717, 1.165) is 5.56 Å². The summed E-state index contributed by atoms with van der Waals surface area (Å²) in [5.74, 6) is -0.946. The van der Waals surface area contributed by atoms with E-state index in [1.807, 2.05) is 24.3 Å². The predicted molar refractivity (Wildman–Crippen MR) is 130 cm³/mol. The summed E-state index contributed by atoms with van der Waals surface area (Å²) in [6.07, 6.45) is 6.51. The summed E-state index contributed by atoms with van der Waals surface area (Å²) in [5, 5.41) is 0. The topological polar surface area (TPSA) is 83.5 Å². The smallest absolute Gasteiger partial charge is 0.263 e. The molecule has 168 valence electrons. The van der Waals surface area contributed by atoms with E-state index >= 15 is 0 Å². The number of hydrogen-bond donors (Lipinski definition) is 0. The number of carbonyl (C=O) groups excluding carboxylic acids is 3. The number of carbonyl (C=O) groups is 3. The van der Waals surface area contributed by atoms with Crippen LogP contribution in [-0.2, 0) is 6.42 Å². The summed E-state index contributed by atoms with van der Waals surface area (Å²) in [7, 11) is 0. The van der Waals surface area contributed by atoms with Crippen LogP contribution in [0.15, 0.2) is 109 Å². The van der Waals surface area contributed by atoms with E-state index in [-0.39, 0.29) is 23.3 Å². The van der Waals surface area contributed by atoms with Crippen molar-refractivity contribution in [2.45, 2.75) is 6.42 Å². The van der Waals surface area contributed by atoms with E-state index in [4.69, 9.17) is 0 Å². The summed E-state index contributed by atoms with van der Waals surface area (Å²) >= 11 is 0. The zero-order valence-corrected chi connectivity index (χ0v) is 18.5. The monoisotopic (exact) mass is 458 g/mol. The number of pyridine rings is 2. The molecule has 2 amide bonds. The number of rotatable bonds is 2. The van der Waals surface area contributed by atoms with Crippen LogP contribution in [0.2, 0.25) is 0 Å². The summed E-state index contributed by atoms with van der Waals surface area (Å²) in [6.45, 7) is 0. The third-order valence-corrected chi connectivity index (χ3v) is 6.22. The molecule has 0 atom stereocenters. The van der Waals surface area contributed by atoms with Crippen LogP contribution in [0.5, 0.6) is 0 Å². The van der Waals surface area contributed by atoms with Gasteiger partial charge in [0.05, 0.1) is 17.1 Å². The average Bonchev–Trinajstić information content (AvgIpc) is 3.44. The van der Waals surface area contributed by atoms with Gasteiger partial charge in [-0.05, 0) is 48.0 Å². The number of amides is 2. The molecule has 35 heavy (non-hydrogen) atoms. The lowest BCUT2D eigenvalue weighted by Crippen LogP contribution is -2.35. The largest absolute Gasteiger partial charge is 0.287 e. The molecule has 0 spiro atoms. The minimum absolute atomic E-state index is 0.187. The highest BCUT2D eigenvalue weighted by molar-refractivity contribution is 6.29. The third-order valence-electron chi connectivity index (χ3n) is 6.22. The Bertz CT molecular complexity index is 1530. The van der Waals surface area contributed by atoms with Gasteiger partial charge in [0, 0.05) is 47.9 Å². The minimum Gasteiger partial charge on any atom is -0.287 e. The van der Waals surface area contributed by atoms with Gasteiger partial charge in [0.15, 0.2) is 0 Å². The maximum absolute atomic E-state index is 13.8. The Kier molecular flexibility index (Phi) is 4.81. The van der Waals surface area contributed by atoms with Gasteiger partial charge in [0.1, 0.15) is 5.70 Å². The van der Waals surface area contributed by atoms with E-state index in [9.17, 15) is 14.4 Å². The van der Waals surface area contributed by atoms with Crippen LogP contribution in [0, 0.1) is 0 Å². The van der Waals surface area contributed by atoms with Gasteiger partial charge in [-0.2, -0.15) is 0 Å². The Morgan fingerprint density at radius 3 is 1.86 bits per heavy atom. The molecule has 4 aromatic rings. The number of Topliss-reactive ketones (excluding diaryl/α,β-unsaturated/α-hetero) is 1. The lowest BCUT2D eigenvalue weighted by atomic mass is 10.1. The van der Waals surface area contributed by atoms with Crippen LogP contribution in [0.25, 0.3) is 0 Å². The fourth-order valence-corrected chi connectivity index (χ4v) is 4.63. The molecule has 0 radical (unpaired) electrons. The number of benzene rings is 2. The second kappa shape index (κ2) is 8.14. The van der Waals surface area contributed by atoms with Crippen LogP contribution >= 0.6 is 0 Å². The van der Waals surface area contributed by atoms with Gasteiger partial charge in [-0.1, -0.05) is 30.3 Å². The summed E-state index contributed by atoms with van der Waals surface area (Å²) < 4.78 is 0. The van der Waals surface area contributed by atoms with E-state index in [1.165, 1.54) is 17.3 Å². The first-order valence-electron chi connectivity index (χ1n) is 11.1. The second-order valence-electron chi connectivity index (χ2n) is 8.20. The summed E-state index contributed by atoms with van der Waals surface area (Å²) in [6, 6.07) is 21.0. The van der Waals surface area contributed by atoms with Gasteiger partial charge in [-0.3, -0.25) is 34.2 Å². The molecule has 2 aliphatic rings. The molecule has 7 heteroatoms. The molecular formula is C28H18N4O3. The molecule has 2 aromatic heterocycles. The lowest BCUT2D eigenvalue weighted by molar-refractivity contribution is 0.0967. The van der Waals surface area contributed by atoms with Gasteiger partial charge >= 0.3 is 0 Å². The highest BCUT2D eigenvalue weighted by atomic mass is 16.2. The van der Waals surface area contributed by atoms with Crippen molar-refractivity contribution >= 4 is 29.0 Å². The normalized spacial score (nSPS) is 16.3. The standard InChI is InChI=1S/C28H18N4O3/c33-26-21-6-2-4-8-23(21)32(28(35)19-11-15-30-16-12-19)25(26)24-17-20-5-1-3-7-22(20)31(24)27(34)18-9-13-29-14-10-18/h1-16H,17H2/b25-24+. The van der Waals surface area contributed by atoms with Crippen molar-refractivity contribution < 1.29 is 14.4 Å². The maximum atomic E-state index is 13.8. The van der Waals surface area contributed by atoms with Gasteiger partial charge in [-0.15, -0.1) is 0 Å². The van der Waals surface area contributed by atoms with Crippen LogP contribution in [-0.4, -0.2) is 27.6 Å². The molecule has 6 rings (SSSR count). The van der Waals surface area contributed by atoms with E-state index in [2.05, 4.69) is 9.97 Å². The average molecular weight is 458 g/mol. The SMILES string of the molecule is O=C1/C(=C2/Cc3ccccc3N2C(=O)c2ccncc2)N(C(=O)c2ccncc2)c2ccccc21. The Morgan fingerprint density at radius 2 is 1.20 bits per heavy atom. The first-order valence-corrected chi connectivity index (χ1v) is 11.1. The molecule has 0 unspecified atom stereocenters. The fourth-order valence-electron chi connectivity index (χ4n) is 4.63. The molecule has 0 bridgehead atoms. The lowest BCUT2D eigenvalue weighted by Gasteiger charge is -2.25. The Morgan fingerprint density at radius 1 is 0.657 bits per heavy atom. The molecule has 2 aliphatic heterocycles. The highest BCUT2D eigenvalue weighted by Gasteiger charge is 2.43. The number of hydrogen-bond acceptors (Lipinski definition) is 5. The zero-order chi connectivity index (χ0) is 23.9. The van der Waals surface area contributed by atoms with Gasteiger partial charge < -0.3 is 0 Å². The molecule has 2 aromatic carbocycles. The Balaban J connectivity index is 1.58. The van der Waals surface area contributed by atoms with Crippen LogP contribution < -0.4 is 9.80 Å². The highest BCUT2D eigenvalue weighted by Crippen LogP contribution is 2.43. The summed E-state index contributed by atoms with van der Waals surface area (Å²) in [5.41, 5.74) is 3.99. The molecule has 4 heterocycles. The fraction of sp³-hybridized carbons (Fsp3) is 0.0357. The molecule has 0 aliphatic carbocycles. The number of ketones is 1. The van der Waals surface area contributed by atoms with Crippen molar-refractivity contribution in [2.75, 3.05) is 9.80 Å². The quantitative estimate of drug-likeness (QED) is 0.415. The number of nitrogens with zero attached hydrogens (tertiary/aromatic N) is 4. The van der Waals surface area contributed by atoms with Crippen LogP contribution in [0.4, 0.5) is 11.4 Å². The van der Waals surface area contributed by atoms with Crippen molar-refractivity contribution in [3.05, 3.63) is 131 Å². The molecule has 0 saturated carbocycles. The van der Waals surface area contributed by atoms with Gasteiger partial charge in [-0.25, -0.2) is 0 Å². The van der Waals surface area contributed by atoms with Crippen LogP contribution in [0.1, 0.15) is 36.6 Å². The molecule has 0 saturated heterocycles. The summed E-state index contributed by atoms with van der Waals surface area (Å²) in [4.78, 5) is 52.2. The van der Waals surface area contributed by atoms with Crippen molar-refractivity contribution in [1.29, 1.82) is 0 Å². The van der Waals surface area contributed by atoms with Crippen molar-refractivity contribution in [3.8, 4) is 0 Å². The predicted octanol–water partition coefficient (Wildman–Crippen LogP) is 4.43. The Labute approximate surface area is 201 Å². The number of para-hydroxylation sites is 2. The van der Waals surface area contributed by atoms with E-state index < -0.39 is 0 Å². The molecule has 7 nitrogen and oxygen atoms in total. The van der Waals surface area contributed by atoms with Crippen LogP contribution in [0.3, 0.4) is 0 Å². The second-order valence-corrected chi connectivity index (χ2v) is 8.20. The molecular weight excluding hydrogens is 440 g/mol. The van der Waals surface area contributed by atoms with E-state index in [0.29, 0.717) is 40.2 Å². The molecule has 0 N–H and O–H groups in total. The number of aromatic nitrogens is 2. The number of anilines is 2. The first kappa shape index (κ1) is 20.7. The van der Waals surface area contributed by atoms with Crippen molar-refractivity contribution in [2.24, 2.45) is 0 Å². The number of fused-ring (bicyclic) bond motifs is 2. The first-order chi connectivity index (χ1) is 17.1. The number of allylic oxidation sites excluding steroid dienone is 2. The zero-order valence-electron chi connectivity index (χ0n) is 18.5. The van der Waals surface area contributed by atoms with Gasteiger partial charge in [0.2, 0.25) is 5.78 Å². The Hall–Kier alpha value is -4.91. The van der Waals surface area contributed by atoms with Crippen molar-refractivity contribution in [3.63, 3.8) is 0 Å². The maximum Gasteiger partial charge on any atom is 0.263 e. The third kappa shape index (κ3) is 3.25. The van der Waals surface area contributed by atoms with Crippen molar-refractivity contribution in [1.82, 2.24) is 9.97 Å². The molecule has 0 fully saturated rings. The minimum atomic E-state index is -0.361. The van der Waals surface area contributed by atoms with E-state index in [1.54, 1.807) is 65.8 Å². The van der Waals surface area contributed by atoms with Gasteiger partial charge in [0.25, 0.3) is 11.8 Å².